The van der Waals surface area contributed by atoms with Crippen LogP contribution in [0.1, 0.15) is 42.9 Å². The van der Waals surface area contributed by atoms with Crippen LogP contribution in [0.3, 0.4) is 0 Å². The van der Waals surface area contributed by atoms with E-state index in [4.69, 9.17) is 4.74 Å². The van der Waals surface area contributed by atoms with Gasteiger partial charge in [-0.2, -0.15) is 0 Å². The molecule has 26 heavy (non-hydrogen) atoms. The first kappa shape index (κ1) is 21.3. The van der Waals surface area contributed by atoms with Gasteiger partial charge in [0.25, 0.3) is 0 Å². The summed E-state index contributed by atoms with van der Waals surface area (Å²) in [5.74, 6) is 1.91. The summed E-state index contributed by atoms with van der Waals surface area (Å²) in [5.41, 5.74) is 3.78. The first-order chi connectivity index (χ1) is 12.2. The van der Waals surface area contributed by atoms with Gasteiger partial charge in [-0.1, -0.05) is 6.07 Å². The lowest BCUT2D eigenvalue weighted by Gasteiger charge is -2.24. The van der Waals surface area contributed by atoms with Crippen LogP contribution in [0, 0.1) is 5.92 Å². The number of phenols is 1. The molecular weight excluding hydrogens is 441 g/mol. The molecule has 1 heterocycles. The molecule has 1 saturated heterocycles. The quantitative estimate of drug-likeness (QED) is 0.392. The molecule has 0 bridgehead atoms. The van der Waals surface area contributed by atoms with Crippen molar-refractivity contribution in [2.24, 2.45) is 10.9 Å². The van der Waals surface area contributed by atoms with Crippen LogP contribution in [-0.4, -0.2) is 49.3 Å². The molecule has 0 amide bonds. The Morgan fingerprint density at radius 2 is 2.15 bits per heavy atom. The number of aromatic hydroxyl groups is 1. The average molecular weight is 473 g/mol. The first-order valence-corrected chi connectivity index (χ1v) is 9.58. The standard InChI is InChI=1S/C20H31N3O2.HI/c1-3-25-14-15-10-11-23(13-15)20(21-2)22-12-18-17-7-5-4-6-16(17)8-9-19(18)24;/h8-9,15,24H,3-7,10-14H2,1-2H3,(H,21,22);1H. The van der Waals surface area contributed by atoms with E-state index in [-0.39, 0.29) is 24.0 Å². The SMILES string of the molecule is CCOCC1CCN(C(=NC)NCc2c(O)ccc3c2CCCC3)C1.I. The highest BCUT2D eigenvalue weighted by atomic mass is 127. The summed E-state index contributed by atoms with van der Waals surface area (Å²) in [6.45, 7) is 6.28. The van der Waals surface area contributed by atoms with Gasteiger partial charge >= 0.3 is 0 Å². The topological polar surface area (TPSA) is 57.1 Å². The lowest BCUT2D eigenvalue weighted by molar-refractivity contribution is 0.114. The second-order valence-electron chi connectivity index (χ2n) is 7.07. The molecule has 146 valence electrons. The van der Waals surface area contributed by atoms with E-state index in [0.717, 1.165) is 57.1 Å². The number of hydrogen-bond donors (Lipinski definition) is 2. The van der Waals surface area contributed by atoms with Gasteiger partial charge < -0.3 is 20.1 Å². The third kappa shape index (κ3) is 5.03. The number of guanidine groups is 1. The third-order valence-corrected chi connectivity index (χ3v) is 5.40. The second-order valence-corrected chi connectivity index (χ2v) is 7.07. The van der Waals surface area contributed by atoms with E-state index >= 15 is 0 Å². The molecule has 5 nitrogen and oxygen atoms in total. The van der Waals surface area contributed by atoms with Crippen LogP contribution in [0.25, 0.3) is 0 Å². The highest BCUT2D eigenvalue weighted by Crippen LogP contribution is 2.30. The summed E-state index contributed by atoms with van der Waals surface area (Å²) in [6.07, 6.45) is 5.81. The number of phenolic OH excluding ortho intramolecular Hbond substituents is 1. The number of hydrogen-bond acceptors (Lipinski definition) is 3. The molecule has 2 aliphatic rings. The van der Waals surface area contributed by atoms with E-state index < -0.39 is 0 Å². The molecule has 0 saturated carbocycles. The van der Waals surface area contributed by atoms with Crippen molar-refractivity contribution in [2.45, 2.75) is 45.6 Å². The molecule has 1 fully saturated rings. The largest absolute Gasteiger partial charge is 0.508 e. The Bertz CT molecular complexity index is 621. The average Bonchev–Trinajstić information content (AvgIpc) is 3.11. The predicted octanol–water partition coefficient (Wildman–Crippen LogP) is 3.32. The Hall–Kier alpha value is -1.02. The van der Waals surface area contributed by atoms with E-state index in [2.05, 4.69) is 21.3 Å². The summed E-state index contributed by atoms with van der Waals surface area (Å²) in [4.78, 5) is 6.75. The Kier molecular flexibility index (Phi) is 8.47. The summed E-state index contributed by atoms with van der Waals surface area (Å²) < 4.78 is 5.57. The molecule has 1 aliphatic carbocycles. The minimum Gasteiger partial charge on any atom is -0.508 e. The van der Waals surface area contributed by atoms with Crippen LogP contribution in [0.2, 0.25) is 0 Å². The number of ether oxygens (including phenoxy) is 1. The van der Waals surface area contributed by atoms with E-state index in [1.807, 2.05) is 20.0 Å². The molecule has 3 rings (SSSR count). The Balaban J connectivity index is 0.00000243. The molecule has 1 unspecified atom stereocenters. The van der Waals surface area contributed by atoms with Gasteiger partial charge in [0.1, 0.15) is 5.75 Å². The van der Waals surface area contributed by atoms with Crippen molar-refractivity contribution in [1.29, 1.82) is 0 Å². The van der Waals surface area contributed by atoms with Gasteiger partial charge in [0, 0.05) is 44.8 Å². The second kappa shape index (κ2) is 10.3. The summed E-state index contributed by atoms with van der Waals surface area (Å²) >= 11 is 0. The van der Waals surface area contributed by atoms with Gasteiger partial charge in [-0.3, -0.25) is 4.99 Å². The molecular formula is C20H32IN3O2. The zero-order valence-corrected chi connectivity index (χ0v) is 18.3. The smallest absolute Gasteiger partial charge is 0.193 e. The van der Waals surface area contributed by atoms with Crippen LogP contribution in [-0.2, 0) is 24.1 Å². The Morgan fingerprint density at radius 1 is 1.35 bits per heavy atom. The maximum atomic E-state index is 10.3. The summed E-state index contributed by atoms with van der Waals surface area (Å²) in [6, 6.07) is 3.93. The highest BCUT2D eigenvalue weighted by molar-refractivity contribution is 14.0. The molecule has 1 atom stereocenters. The molecule has 0 radical (unpaired) electrons. The zero-order chi connectivity index (χ0) is 17.6. The molecule has 1 aliphatic heterocycles. The van der Waals surface area contributed by atoms with Gasteiger partial charge in [0.15, 0.2) is 5.96 Å². The van der Waals surface area contributed by atoms with E-state index in [1.165, 1.54) is 24.0 Å². The van der Waals surface area contributed by atoms with Crippen LogP contribution >= 0.6 is 24.0 Å². The monoisotopic (exact) mass is 473 g/mol. The number of benzene rings is 1. The maximum Gasteiger partial charge on any atom is 0.193 e. The minimum atomic E-state index is 0. The zero-order valence-electron chi connectivity index (χ0n) is 16.0. The number of likely N-dealkylation sites (tertiary alicyclic amines) is 1. The lowest BCUT2D eigenvalue weighted by atomic mass is 9.88. The van der Waals surface area contributed by atoms with Gasteiger partial charge in [-0.15, -0.1) is 24.0 Å². The van der Waals surface area contributed by atoms with Crippen molar-refractivity contribution in [3.63, 3.8) is 0 Å². The van der Waals surface area contributed by atoms with E-state index in [9.17, 15) is 5.11 Å². The highest BCUT2D eigenvalue weighted by Gasteiger charge is 2.25. The number of fused-ring (bicyclic) bond motifs is 1. The normalized spacial score (nSPS) is 19.8. The molecule has 2 N–H and O–H groups in total. The van der Waals surface area contributed by atoms with Crippen molar-refractivity contribution >= 4 is 29.9 Å². The molecule has 0 spiro atoms. The van der Waals surface area contributed by atoms with Crippen molar-refractivity contribution in [1.82, 2.24) is 10.2 Å². The van der Waals surface area contributed by atoms with Crippen molar-refractivity contribution < 1.29 is 9.84 Å². The van der Waals surface area contributed by atoms with Gasteiger partial charge in [-0.05, 0) is 56.2 Å². The first-order valence-electron chi connectivity index (χ1n) is 9.58. The number of aliphatic imine (C=N–C) groups is 1. The van der Waals surface area contributed by atoms with Crippen LogP contribution in [0.4, 0.5) is 0 Å². The molecule has 1 aromatic carbocycles. The molecule has 0 aromatic heterocycles. The lowest BCUT2D eigenvalue weighted by Crippen LogP contribution is -2.40. The van der Waals surface area contributed by atoms with Crippen LogP contribution in [0.15, 0.2) is 17.1 Å². The van der Waals surface area contributed by atoms with E-state index in [1.54, 1.807) is 0 Å². The summed E-state index contributed by atoms with van der Waals surface area (Å²) in [5, 5.41) is 13.8. The Morgan fingerprint density at radius 3 is 2.92 bits per heavy atom. The van der Waals surface area contributed by atoms with Crippen molar-refractivity contribution in [3.05, 3.63) is 28.8 Å². The number of aryl methyl sites for hydroxylation is 1. The molecule has 1 aromatic rings. The fourth-order valence-electron chi connectivity index (χ4n) is 4.03. The van der Waals surface area contributed by atoms with Gasteiger partial charge in [-0.25, -0.2) is 0 Å². The number of rotatable bonds is 5. The number of nitrogens with one attached hydrogen (secondary N) is 1. The van der Waals surface area contributed by atoms with Crippen molar-refractivity contribution in [2.75, 3.05) is 33.4 Å². The number of nitrogens with zero attached hydrogens (tertiary/aromatic N) is 2. The van der Waals surface area contributed by atoms with Crippen molar-refractivity contribution in [3.8, 4) is 5.75 Å². The van der Waals surface area contributed by atoms with Crippen LogP contribution < -0.4 is 5.32 Å². The molecule has 6 heteroatoms. The fourth-order valence-corrected chi connectivity index (χ4v) is 4.03. The van der Waals surface area contributed by atoms with E-state index in [0.29, 0.717) is 18.2 Å². The Labute approximate surface area is 174 Å². The fraction of sp³-hybridized carbons (Fsp3) is 0.650. The predicted molar refractivity (Wildman–Crippen MR) is 117 cm³/mol. The van der Waals surface area contributed by atoms with Crippen LogP contribution in [0.5, 0.6) is 5.75 Å². The summed E-state index contributed by atoms with van der Waals surface area (Å²) in [7, 11) is 1.83. The maximum absolute atomic E-state index is 10.3. The van der Waals surface area contributed by atoms with Gasteiger partial charge in [0.05, 0.1) is 6.61 Å². The third-order valence-electron chi connectivity index (χ3n) is 5.40. The number of halogens is 1. The van der Waals surface area contributed by atoms with Gasteiger partial charge in [0.2, 0.25) is 0 Å². The minimum absolute atomic E-state index is 0.